The quantitative estimate of drug-likeness (QED) is 0.580. The van der Waals surface area contributed by atoms with E-state index in [4.69, 9.17) is 4.74 Å². The largest absolute Gasteiger partial charge is 0.379 e. The first-order valence-electron chi connectivity index (χ1n) is 9.48. The molecule has 29 heavy (non-hydrogen) atoms. The minimum Gasteiger partial charge on any atom is -0.379 e. The molecule has 5 rings (SSSR count). The zero-order valence-electron chi connectivity index (χ0n) is 15.7. The summed E-state index contributed by atoms with van der Waals surface area (Å²) in [6.07, 6.45) is 7.20. The number of nitrogens with one attached hydrogen (secondary N) is 1. The van der Waals surface area contributed by atoms with Crippen molar-refractivity contribution < 1.29 is 4.74 Å². The number of imidazole rings is 1. The van der Waals surface area contributed by atoms with E-state index in [1.54, 1.807) is 12.5 Å². The molecule has 8 nitrogen and oxygen atoms in total. The van der Waals surface area contributed by atoms with E-state index >= 15 is 0 Å². The summed E-state index contributed by atoms with van der Waals surface area (Å²) in [5.74, 6) is 0. The van der Waals surface area contributed by atoms with Gasteiger partial charge in [-0.15, -0.1) is 0 Å². The van der Waals surface area contributed by atoms with Crippen LogP contribution in [0.5, 0.6) is 0 Å². The van der Waals surface area contributed by atoms with E-state index < -0.39 is 0 Å². The third kappa shape index (κ3) is 3.27. The van der Waals surface area contributed by atoms with Crippen LogP contribution in [-0.4, -0.2) is 55.9 Å². The average Bonchev–Trinajstić information content (AvgIpc) is 3.45. The summed E-state index contributed by atoms with van der Waals surface area (Å²) in [4.78, 5) is 13.8. The van der Waals surface area contributed by atoms with Gasteiger partial charge in [-0.2, -0.15) is 10.4 Å². The van der Waals surface area contributed by atoms with Crippen molar-refractivity contribution >= 4 is 11.2 Å². The molecule has 0 radical (unpaired) electrons. The number of nitriles is 1. The van der Waals surface area contributed by atoms with Gasteiger partial charge < -0.3 is 9.72 Å². The summed E-state index contributed by atoms with van der Waals surface area (Å²) in [7, 11) is 0. The lowest BCUT2D eigenvalue weighted by Crippen LogP contribution is -2.38. The molecule has 1 aromatic carbocycles. The molecule has 1 unspecified atom stereocenters. The number of nitrogens with zero attached hydrogens (tertiary/aromatic N) is 6. The second kappa shape index (κ2) is 7.47. The standard InChI is InChI=1S/C21H19N7O/c22-11-19(27-7-9-29-10-8-27)15-1-3-17(4-2-15)28-13-16(12-26-28)18-5-6-23-21-20(18)24-14-25-21/h1-6,12-14,19H,7-10H2,(H,23,24,25). The molecule has 8 heteroatoms. The number of aromatic nitrogens is 5. The third-order valence-electron chi connectivity index (χ3n) is 5.23. The zero-order chi connectivity index (χ0) is 19.6. The molecule has 0 spiro atoms. The van der Waals surface area contributed by atoms with Gasteiger partial charge in [-0.05, 0) is 23.8 Å². The number of fused-ring (bicyclic) bond motifs is 1. The monoisotopic (exact) mass is 385 g/mol. The van der Waals surface area contributed by atoms with Gasteiger partial charge in [0.05, 0.1) is 43.0 Å². The Labute approximate surface area is 167 Å². The summed E-state index contributed by atoms with van der Waals surface area (Å²) in [5, 5.41) is 14.2. The van der Waals surface area contributed by atoms with Gasteiger partial charge in [-0.25, -0.2) is 14.6 Å². The smallest absolute Gasteiger partial charge is 0.178 e. The highest BCUT2D eigenvalue weighted by Crippen LogP contribution is 2.26. The van der Waals surface area contributed by atoms with Gasteiger partial charge in [0, 0.05) is 36.6 Å². The molecule has 1 atom stereocenters. The number of benzene rings is 1. The maximum atomic E-state index is 9.65. The van der Waals surface area contributed by atoms with E-state index in [1.165, 1.54) is 0 Å². The first kappa shape index (κ1) is 17.6. The summed E-state index contributed by atoms with van der Waals surface area (Å²) >= 11 is 0. The summed E-state index contributed by atoms with van der Waals surface area (Å²) in [5.41, 5.74) is 5.49. The van der Waals surface area contributed by atoms with E-state index in [2.05, 4.69) is 31.0 Å². The molecule has 144 valence electrons. The van der Waals surface area contributed by atoms with Crippen molar-refractivity contribution in [2.75, 3.05) is 26.3 Å². The molecule has 0 saturated carbocycles. The molecule has 0 bridgehead atoms. The van der Waals surface area contributed by atoms with E-state index in [9.17, 15) is 5.26 Å². The van der Waals surface area contributed by atoms with Crippen molar-refractivity contribution in [2.45, 2.75) is 6.04 Å². The van der Waals surface area contributed by atoms with Crippen molar-refractivity contribution in [1.29, 1.82) is 5.26 Å². The highest BCUT2D eigenvalue weighted by molar-refractivity contribution is 5.88. The van der Waals surface area contributed by atoms with Gasteiger partial charge in [0.1, 0.15) is 6.04 Å². The number of pyridine rings is 1. The van der Waals surface area contributed by atoms with Gasteiger partial charge in [0.15, 0.2) is 5.65 Å². The van der Waals surface area contributed by atoms with Crippen LogP contribution in [0.15, 0.2) is 55.2 Å². The van der Waals surface area contributed by atoms with Gasteiger partial charge in [-0.3, -0.25) is 4.90 Å². The van der Waals surface area contributed by atoms with Crippen molar-refractivity contribution in [2.24, 2.45) is 0 Å². The molecule has 1 fully saturated rings. The van der Waals surface area contributed by atoms with Crippen LogP contribution in [0.2, 0.25) is 0 Å². The Morgan fingerprint density at radius 3 is 2.72 bits per heavy atom. The van der Waals surface area contributed by atoms with Crippen LogP contribution < -0.4 is 0 Å². The van der Waals surface area contributed by atoms with Crippen LogP contribution >= 0.6 is 0 Å². The SMILES string of the molecule is N#CC(c1ccc(-n2cc(-c3ccnc4nc[nH]c34)cn2)cc1)N1CCOCC1. The summed E-state index contributed by atoms with van der Waals surface area (Å²) in [6, 6.07) is 12.1. The maximum Gasteiger partial charge on any atom is 0.178 e. The van der Waals surface area contributed by atoms with Crippen LogP contribution in [-0.2, 0) is 4.74 Å². The van der Waals surface area contributed by atoms with Crippen LogP contribution in [0.4, 0.5) is 0 Å². The maximum absolute atomic E-state index is 9.65. The number of ether oxygens (including phenoxy) is 1. The van der Waals surface area contributed by atoms with Crippen LogP contribution in [0, 0.1) is 11.3 Å². The first-order valence-corrected chi connectivity index (χ1v) is 9.48. The minimum atomic E-state index is -0.258. The fourth-order valence-corrected chi connectivity index (χ4v) is 3.70. The lowest BCUT2D eigenvalue weighted by Gasteiger charge is -2.30. The zero-order valence-corrected chi connectivity index (χ0v) is 15.7. The third-order valence-corrected chi connectivity index (χ3v) is 5.23. The number of morpholine rings is 1. The molecule has 0 aliphatic carbocycles. The van der Waals surface area contributed by atoms with E-state index in [0.29, 0.717) is 18.9 Å². The fourth-order valence-electron chi connectivity index (χ4n) is 3.70. The fraction of sp³-hybridized carbons (Fsp3) is 0.238. The second-order valence-corrected chi connectivity index (χ2v) is 6.90. The number of hydrogen-bond acceptors (Lipinski definition) is 6. The molecule has 4 heterocycles. The summed E-state index contributed by atoms with van der Waals surface area (Å²) in [6.45, 7) is 2.89. The molecule has 0 amide bonds. The summed E-state index contributed by atoms with van der Waals surface area (Å²) < 4.78 is 7.23. The predicted octanol–water partition coefficient (Wildman–Crippen LogP) is 2.71. The number of H-pyrrole nitrogens is 1. The Bertz CT molecular complexity index is 1170. The van der Waals surface area contributed by atoms with Crippen molar-refractivity contribution in [3.8, 4) is 22.9 Å². The minimum absolute atomic E-state index is 0.258. The lowest BCUT2D eigenvalue weighted by molar-refractivity contribution is 0.0266. The number of rotatable bonds is 4. The van der Waals surface area contributed by atoms with Crippen LogP contribution in [0.3, 0.4) is 0 Å². The van der Waals surface area contributed by atoms with Crippen LogP contribution in [0.25, 0.3) is 28.0 Å². The average molecular weight is 385 g/mol. The molecule has 4 aromatic rings. The van der Waals surface area contributed by atoms with E-state index in [1.807, 2.05) is 47.4 Å². The Kier molecular flexibility index (Phi) is 4.52. The van der Waals surface area contributed by atoms with Gasteiger partial charge in [0.25, 0.3) is 0 Å². The highest BCUT2D eigenvalue weighted by Gasteiger charge is 2.22. The van der Waals surface area contributed by atoms with Gasteiger partial charge in [-0.1, -0.05) is 12.1 Å². The Morgan fingerprint density at radius 1 is 1.10 bits per heavy atom. The highest BCUT2D eigenvalue weighted by atomic mass is 16.5. The van der Waals surface area contributed by atoms with E-state index in [-0.39, 0.29) is 6.04 Å². The molecule has 1 saturated heterocycles. The van der Waals surface area contributed by atoms with Gasteiger partial charge in [0.2, 0.25) is 0 Å². The topological polar surface area (TPSA) is 95.6 Å². The second-order valence-electron chi connectivity index (χ2n) is 6.90. The first-order chi connectivity index (χ1) is 14.3. The molecule has 1 aliphatic heterocycles. The number of aromatic amines is 1. The lowest BCUT2D eigenvalue weighted by atomic mass is 10.1. The van der Waals surface area contributed by atoms with Crippen LogP contribution in [0.1, 0.15) is 11.6 Å². The molecule has 1 N–H and O–H groups in total. The molecule has 1 aliphatic rings. The molecular formula is C21H19N7O. The Hall–Kier alpha value is -3.54. The van der Waals surface area contributed by atoms with Crippen molar-refractivity contribution in [3.63, 3.8) is 0 Å². The normalized spacial score (nSPS) is 16.0. The van der Waals surface area contributed by atoms with Crippen molar-refractivity contribution in [3.05, 3.63) is 60.8 Å². The Morgan fingerprint density at radius 2 is 1.93 bits per heavy atom. The molecule has 3 aromatic heterocycles. The number of hydrogen-bond donors (Lipinski definition) is 1. The van der Waals surface area contributed by atoms with Gasteiger partial charge >= 0.3 is 0 Å². The van der Waals surface area contributed by atoms with Crippen molar-refractivity contribution in [1.82, 2.24) is 29.6 Å². The predicted molar refractivity (Wildman–Crippen MR) is 107 cm³/mol. The Balaban J connectivity index is 1.41. The van der Waals surface area contributed by atoms with E-state index in [0.717, 1.165) is 41.0 Å². The molecular weight excluding hydrogens is 366 g/mol.